The van der Waals surface area contributed by atoms with Gasteiger partial charge in [-0.2, -0.15) is 10.2 Å². The van der Waals surface area contributed by atoms with Crippen LogP contribution in [0.15, 0.2) is 18.5 Å². The van der Waals surface area contributed by atoms with E-state index in [1.807, 2.05) is 12.4 Å². The molecule has 0 aromatic carbocycles. The van der Waals surface area contributed by atoms with Crippen LogP contribution >= 0.6 is 0 Å². The van der Waals surface area contributed by atoms with Crippen molar-refractivity contribution < 1.29 is 0 Å². The molecule has 0 amide bonds. The van der Waals surface area contributed by atoms with Crippen LogP contribution in [0, 0.1) is 6.92 Å². The Balaban J connectivity index is 1.69. The van der Waals surface area contributed by atoms with Crippen molar-refractivity contribution in [1.29, 1.82) is 0 Å². The first kappa shape index (κ1) is 14.3. The van der Waals surface area contributed by atoms with Crippen molar-refractivity contribution >= 4 is 0 Å². The topological polar surface area (TPSA) is 49.7 Å². The molecule has 114 valence electrons. The number of hydrogen-bond acceptors (Lipinski definition) is 3. The number of aryl methyl sites for hydroxylation is 1. The molecule has 21 heavy (non-hydrogen) atoms. The van der Waals surface area contributed by atoms with Gasteiger partial charge in [-0.25, -0.2) is 0 Å². The predicted molar refractivity (Wildman–Crippen MR) is 83.2 cm³/mol. The van der Waals surface area contributed by atoms with Crippen LogP contribution in [0.3, 0.4) is 0 Å². The molecule has 1 fully saturated rings. The zero-order valence-electron chi connectivity index (χ0n) is 13.2. The molecule has 1 saturated heterocycles. The summed E-state index contributed by atoms with van der Waals surface area (Å²) in [6.45, 7) is 9.78. The highest BCUT2D eigenvalue weighted by Crippen LogP contribution is 2.28. The van der Waals surface area contributed by atoms with Crippen LogP contribution in [0.1, 0.15) is 55.6 Å². The second-order valence-corrected chi connectivity index (χ2v) is 6.40. The Morgan fingerprint density at radius 3 is 3.00 bits per heavy atom. The summed E-state index contributed by atoms with van der Waals surface area (Å²) in [5.41, 5.74) is 3.91. The van der Waals surface area contributed by atoms with Gasteiger partial charge >= 0.3 is 0 Å². The highest BCUT2D eigenvalue weighted by molar-refractivity contribution is 5.19. The Kier molecular flexibility index (Phi) is 4.10. The first-order valence-electron chi connectivity index (χ1n) is 7.89. The number of aromatic amines is 1. The maximum atomic E-state index is 4.44. The normalized spacial score (nSPS) is 20.3. The van der Waals surface area contributed by atoms with Gasteiger partial charge in [0.1, 0.15) is 0 Å². The molecule has 1 N–H and O–H groups in total. The van der Waals surface area contributed by atoms with E-state index in [-0.39, 0.29) is 0 Å². The van der Waals surface area contributed by atoms with Crippen molar-refractivity contribution in [3.05, 3.63) is 35.4 Å². The zero-order valence-corrected chi connectivity index (χ0v) is 13.2. The maximum Gasteiger partial charge on any atom is 0.0527 e. The lowest BCUT2D eigenvalue weighted by Gasteiger charge is -2.32. The summed E-state index contributed by atoms with van der Waals surface area (Å²) in [5.74, 6) is 0.580. The Morgan fingerprint density at radius 2 is 2.29 bits per heavy atom. The minimum Gasteiger partial charge on any atom is -0.297 e. The summed E-state index contributed by atoms with van der Waals surface area (Å²) < 4.78 is 2.13. The number of nitrogens with zero attached hydrogens (tertiary/aromatic N) is 4. The van der Waals surface area contributed by atoms with Crippen molar-refractivity contribution in [2.45, 2.75) is 52.1 Å². The van der Waals surface area contributed by atoms with Gasteiger partial charge in [-0.15, -0.1) is 0 Å². The summed E-state index contributed by atoms with van der Waals surface area (Å²) >= 11 is 0. The summed E-state index contributed by atoms with van der Waals surface area (Å²) in [6.07, 6.45) is 6.35. The number of likely N-dealkylation sites (tertiary alicyclic amines) is 1. The molecule has 3 rings (SSSR count). The van der Waals surface area contributed by atoms with E-state index >= 15 is 0 Å². The molecule has 1 aliphatic rings. The summed E-state index contributed by atoms with van der Waals surface area (Å²) in [5, 5.41) is 11.8. The third-order valence-corrected chi connectivity index (χ3v) is 4.41. The zero-order chi connectivity index (χ0) is 14.8. The number of aromatic nitrogens is 4. The van der Waals surface area contributed by atoms with E-state index in [9.17, 15) is 0 Å². The van der Waals surface area contributed by atoms with E-state index in [1.165, 1.54) is 36.3 Å². The molecule has 5 nitrogen and oxygen atoms in total. The minimum absolute atomic E-state index is 0.422. The van der Waals surface area contributed by atoms with E-state index in [0.717, 1.165) is 13.1 Å². The quantitative estimate of drug-likeness (QED) is 0.940. The van der Waals surface area contributed by atoms with Gasteiger partial charge in [-0.1, -0.05) is 0 Å². The summed E-state index contributed by atoms with van der Waals surface area (Å²) in [7, 11) is 0. The first-order valence-corrected chi connectivity index (χ1v) is 7.89. The van der Waals surface area contributed by atoms with Gasteiger partial charge in [-0.05, 0) is 51.8 Å². The molecule has 2 aromatic heterocycles. The molecule has 0 unspecified atom stereocenters. The second kappa shape index (κ2) is 6.02. The third-order valence-electron chi connectivity index (χ3n) is 4.41. The molecule has 2 aromatic rings. The van der Waals surface area contributed by atoms with Crippen LogP contribution in [0.5, 0.6) is 0 Å². The largest absolute Gasteiger partial charge is 0.297 e. The molecule has 0 spiro atoms. The highest BCUT2D eigenvalue weighted by atomic mass is 15.3. The lowest BCUT2D eigenvalue weighted by molar-refractivity contribution is 0.192. The smallest absolute Gasteiger partial charge is 0.0527 e. The predicted octanol–water partition coefficient (Wildman–Crippen LogP) is 2.88. The molecule has 0 saturated carbocycles. The van der Waals surface area contributed by atoms with Gasteiger partial charge in [0.2, 0.25) is 0 Å². The molecule has 0 radical (unpaired) electrons. The van der Waals surface area contributed by atoms with Crippen molar-refractivity contribution in [1.82, 2.24) is 24.9 Å². The van der Waals surface area contributed by atoms with E-state index < -0.39 is 0 Å². The van der Waals surface area contributed by atoms with Gasteiger partial charge in [0, 0.05) is 36.9 Å². The van der Waals surface area contributed by atoms with Crippen molar-refractivity contribution in [2.75, 3.05) is 13.1 Å². The average Bonchev–Trinajstić information content (AvgIpc) is 3.08. The number of H-pyrrole nitrogens is 1. The van der Waals surface area contributed by atoms with Crippen LogP contribution in [0.25, 0.3) is 0 Å². The van der Waals surface area contributed by atoms with Crippen LogP contribution in [0.2, 0.25) is 0 Å². The molecule has 5 heteroatoms. The lowest BCUT2D eigenvalue weighted by Crippen LogP contribution is -2.35. The maximum absolute atomic E-state index is 4.44. The Hall–Kier alpha value is -1.62. The number of rotatable bonds is 4. The van der Waals surface area contributed by atoms with E-state index in [4.69, 9.17) is 0 Å². The molecule has 1 atom stereocenters. The van der Waals surface area contributed by atoms with Gasteiger partial charge in [0.15, 0.2) is 0 Å². The van der Waals surface area contributed by atoms with E-state index in [2.05, 4.69) is 51.7 Å². The second-order valence-electron chi connectivity index (χ2n) is 6.40. The Bertz CT molecular complexity index is 583. The first-order chi connectivity index (χ1) is 10.1. The fourth-order valence-electron chi connectivity index (χ4n) is 3.37. The Morgan fingerprint density at radius 1 is 1.43 bits per heavy atom. The molecule has 1 aliphatic heterocycles. The molecule has 0 bridgehead atoms. The van der Waals surface area contributed by atoms with Crippen LogP contribution in [0.4, 0.5) is 0 Å². The van der Waals surface area contributed by atoms with Gasteiger partial charge in [0.25, 0.3) is 0 Å². The third kappa shape index (κ3) is 3.02. The van der Waals surface area contributed by atoms with Crippen LogP contribution < -0.4 is 0 Å². The SMILES string of the molecule is Cc1cn[nH]c1[C@H]1CCCN(Cc2ccnn2C(C)C)C1. The minimum atomic E-state index is 0.422. The van der Waals surface area contributed by atoms with Gasteiger partial charge in [0.05, 0.1) is 11.9 Å². The summed E-state index contributed by atoms with van der Waals surface area (Å²) in [6, 6.07) is 2.57. The molecular formula is C16H25N5. The standard InChI is InChI=1S/C16H25N5/c1-12(2)21-15(6-7-18-21)11-20-8-4-5-14(10-20)16-13(3)9-17-19-16/h6-7,9,12,14H,4-5,8,10-11H2,1-3H3,(H,17,19)/t14-/m0/s1. The summed E-state index contributed by atoms with van der Waals surface area (Å²) in [4.78, 5) is 2.55. The number of hydrogen-bond donors (Lipinski definition) is 1. The molecular weight excluding hydrogens is 262 g/mol. The van der Waals surface area contributed by atoms with Crippen LogP contribution in [-0.2, 0) is 6.54 Å². The highest BCUT2D eigenvalue weighted by Gasteiger charge is 2.24. The molecule has 3 heterocycles. The van der Waals surface area contributed by atoms with Gasteiger partial charge < -0.3 is 0 Å². The van der Waals surface area contributed by atoms with Gasteiger partial charge in [-0.3, -0.25) is 14.7 Å². The van der Waals surface area contributed by atoms with E-state index in [1.54, 1.807) is 0 Å². The lowest BCUT2D eigenvalue weighted by atomic mass is 9.93. The number of piperidine rings is 1. The van der Waals surface area contributed by atoms with Crippen molar-refractivity contribution in [3.63, 3.8) is 0 Å². The Labute approximate surface area is 126 Å². The van der Waals surface area contributed by atoms with Crippen LogP contribution in [-0.4, -0.2) is 38.0 Å². The molecule has 0 aliphatic carbocycles. The van der Waals surface area contributed by atoms with Crippen molar-refractivity contribution in [3.8, 4) is 0 Å². The number of nitrogens with one attached hydrogen (secondary N) is 1. The van der Waals surface area contributed by atoms with Crippen molar-refractivity contribution in [2.24, 2.45) is 0 Å². The van der Waals surface area contributed by atoms with E-state index in [0.29, 0.717) is 12.0 Å². The fraction of sp³-hybridized carbons (Fsp3) is 0.625. The fourth-order valence-corrected chi connectivity index (χ4v) is 3.37. The average molecular weight is 287 g/mol. The monoisotopic (exact) mass is 287 g/mol.